The molecule has 0 radical (unpaired) electrons. The number of para-hydroxylation sites is 1. The lowest BCUT2D eigenvalue weighted by molar-refractivity contribution is -0.123. The van der Waals surface area contributed by atoms with E-state index < -0.39 is 5.91 Å². The van der Waals surface area contributed by atoms with Crippen LogP contribution in [0.5, 0.6) is 5.75 Å². The van der Waals surface area contributed by atoms with Crippen molar-refractivity contribution in [1.29, 1.82) is 0 Å². The molecule has 2 aromatic rings. The predicted molar refractivity (Wildman–Crippen MR) is 88.5 cm³/mol. The van der Waals surface area contributed by atoms with E-state index in [1.807, 2.05) is 19.1 Å². The number of rotatable bonds is 6. The van der Waals surface area contributed by atoms with E-state index in [4.69, 9.17) is 22.1 Å². The van der Waals surface area contributed by atoms with Gasteiger partial charge in [0.15, 0.2) is 6.61 Å². The molecule has 0 aliphatic rings. The van der Waals surface area contributed by atoms with Crippen molar-refractivity contribution in [2.45, 2.75) is 13.0 Å². The van der Waals surface area contributed by atoms with Crippen molar-refractivity contribution in [1.82, 2.24) is 5.32 Å². The Balaban J connectivity index is 1.94. The Hall–Kier alpha value is -2.53. The summed E-state index contributed by atoms with van der Waals surface area (Å²) in [5.41, 5.74) is 6.39. The summed E-state index contributed by atoms with van der Waals surface area (Å²) in [6, 6.07) is 13.6. The first-order valence-corrected chi connectivity index (χ1v) is 7.41. The molecule has 0 aliphatic heterocycles. The van der Waals surface area contributed by atoms with Crippen LogP contribution in [0.15, 0.2) is 48.5 Å². The molecule has 0 heterocycles. The van der Waals surface area contributed by atoms with Crippen molar-refractivity contribution in [3.05, 3.63) is 64.7 Å². The first kappa shape index (κ1) is 16.8. The SMILES string of the molecule is C[C@@H](NC(=O)COc1ccccc1C(N)=O)c1cccc(Cl)c1. The van der Waals surface area contributed by atoms with E-state index in [1.165, 1.54) is 0 Å². The van der Waals surface area contributed by atoms with Gasteiger partial charge in [-0.2, -0.15) is 0 Å². The van der Waals surface area contributed by atoms with Crippen LogP contribution in [-0.2, 0) is 4.79 Å². The zero-order valence-electron chi connectivity index (χ0n) is 12.6. The number of halogens is 1. The molecule has 0 aliphatic carbocycles. The third-order valence-electron chi connectivity index (χ3n) is 3.24. The maximum atomic E-state index is 12.0. The number of ether oxygens (including phenoxy) is 1. The average Bonchev–Trinajstić information content (AvgIpc) is 2.53. The van der Waals surface area contributed by atoms with Gasteiger partial charge in [-0.15, -0.1) is 0 Å². The third kappa shape index (κ3) is 4.72. The molecule has 6 heteroatoms. The van der Waals surface area contributed by atoms with Crippen molar-refractivity contribution < 1.29 is 14.3 Å². The lowest BCUT2D eigenvalue weighted by atomic mass is 10.1. The summed E-state index contributed by atoms with van der Waals surface area (Å²) < 4.78 is 5.38. The number of hydrogen-bond acceptors (Lipinski definition) is 3. The fraction of sp³-hybridized carbons (Fsp3) is 0.176. The summed E-state index contributed by atoms with van der Waals surface area (Å²) >= 11 is 5.93. The van der Waals surface area contributed by atoms with Crippen LogP contribution in [0.1, 0.15) is 28.9 Å². The van der Waals surface area contributed by atoms with Crippen LogP contribution in [0.2, 0.25) is 5.02 Å². The van der Waals surface area contributed by atoms with Crippen LogP contribution < -0.4 is 15.8 Å². The molecule has 0 saturated carbocycles. The minimum atomic E-state index is -0.603. The standard InChI is InChI=1S/C17H17ClN2O3/c1-11(12-5-4-6-13(18)9-12)20-16(21)10-23-15-8-3-2-7-14(15)17(19)22/h2-9,11H,10H2,1H3,(H2,19,22)(H,20,21)/t11-/m1/s1. The Bertz CT molecular complexity index is 718. The van der Waals surface area contributed by atoms with Gasteiger partial charge in [-0.25, -0.2) is 0 Å². The molecule has 0 fully saturated rings. The number of carbonyl (C=O) groups is 2. The second-order valence-electron chi connectivity index (χ2n) is 4.99. The number of nitrogens with two attached hydrogens (primary N) is 1. The summed E-state index contributed by atoms with van der Waals surface area (Å²) in [7, 11) is 0. The normalized spacial score (nSPS) is 11.6. The van der Waals surface area contributed by atoms with E-state index in [0.29, 0.717) is 5.02 Å². The number of amides is 2. The molecule has 120 valence electrons. The van der Waals surface area contributed by atoms with Crippen LogP contribution >= 0.6 is 11.6 Å². The van der Waals surface area contributed by atoms with Gasteiger partial charge in [0.05, 0.1) is 11.6 Å². The highest BCUT2D eigenvalue weighted by atomic mass is 35.5. The van der Waals surface area contributed by atoms with Gasteiger partial charge >= 0.3 is 0 Å². The zero-order valence-corrected chi connectivity index (χ0v) is 13.3. The van der Waals surface area contributed by atoms with E-state index in [2.05, 4.69) is 5.32 Å². The van der Waals surface area contributed by atoms with E-state index >= 15 is 0 Å². The maximum Gasteiger partial charge on any atom is 0.258 e. The summed E-state index contributed by atoms with van der Waals surface area (Å²) in [4.78, 5) is 23.3. The van der Waals surface area contributed by atoms with Gasteiger partial charge in [0, 0.05) is 5.02 Å². The van der Waals surface area contributed by atoms with Gasteiger partial charge in [0.25, 0.3) is 11.8 Å². The van der Waals surface area contributed by atoms with E-state index in [-0.39, 0.29) is 29.9 Å². The van der Waals surface area contributed by atoms with Crippen LogP contribution in [0.4, 0.5) is 0 Å². The number of nitrogens with one attached hydrogen (secondary N) is 1. The summed E-state index contributed by atoms with van der Waals surface area (Å²) in [5, 5.41) is 3.41. The number of hydrogen-bond donors (Lipinski definition) is 2. The molecule has 2 rings (SSSR count). The van der Waals surface area contributed by atoms with Crippen LogP contribution in [0, 0.1) is 0 Å². The van der Waals surface area contributed by atoms with Crippen molar-refractivity contribution in [2.75, 3.05) is 6.61 Å². The minimum absolute atomic E-state index is 0.212. The van der Waals surface area contributed by atoms with Crippen molar-refractivity contribution >= 4 is 23.4 Å². The smallest absolute Gasteiger partial charge is 0.258 e. The number of benzene rings is 2. The summed E-state index contributed by atoms with van der Waals surface area (Å²) in [6.07, 6.45) is 0. The third-order valence-corrected chi connectivity index (χ3v) is 3.47. The van der Waals surface area contributed by atoms with E-state index in [9.17, 15) is 9.59 Å². The molecular formula is C17H17ClN2O3. The highest BCUT2D eigenvalue weighted by Crippen LogP contribution is 2.18. The van der Waals surface area contributed by atoms with E-state index in [0.717, 1.165) is 5.56 Å². The van der Waals surface area contributed by atoms with Crippen LogP contribution in [0.3, 0.4) is 0 Å². The Labute approximate surface area is 139 Å². The van der Waals surface area contributed by atoms with Gasteiger partial charge in [0.1, 0.15) is 5.75 Å². The minimum Gasteiger partial charge on any atom is -0.483 e. The lowest BCUT2D eigenvalue weighted by Gasteiger charge is -2.15. The quantitative estimate of drug-likeness (QED) is 0.853. The zero-order chi connectivity index (χ0) is 16.8. The van der Waals surface area contributed by atoms with Crippen molar-refractivity contribution in [3.8, 4) is 5.75 Å². The van der Waals surface area contributed by atoms with Crippen molar-refractivity contribution in [3.63, 3.8) is 0 Å². The van der Waals surface area contributed by atoms with Crippen LogP contribution in [-0.4, -0.2) is 18.4 Å². The Morgan fingerprint density at radius 2 is 1.96 bits per heavy atom. The lowest BCUT2D eigenvalue weighted by Crippen LogP contribution is -2.31. The maximum absolute atomic E-state index is 12.0. The molecule has 5 nitrogen and oxygen atoms in total. The van der Waals surface area contributed by atoms with Crippen molar-refractivity contribution in [2.24, 2.45) is 5.73 Å². The molecule has 2 amide bonds. The Kier molecular flexibility index (Phi) is 5.60. The topological polar surface area (TPSA) is 81.4 Å². The Morgan fingerprint density at radius 3 is 2.65 bits per heavy atom. The first-order chi connectivity index (χ1) is 11.0. The van der Waals surface area contributed by atoms with Gasteiger partial charge in [-0.3, -0.25) is 9.59 Å². The van der Waals surface area contributed by atoms with Crippen LogP contribution in [0.25, 0.3) is 0 Å². The molecule has 1 atom stereocenters. The fourth-order valence-corrected chi connectivity index (χ4v) is 2.28. The molecule has 2 aromatic carbocycles. The molecular weight excluding hydrogens is 316 g/mol. The van der Waals surface area contributed by atoms with E-state index in [1.54, 1.807) is 36.4 Å². The van der Waals surface area contributed by atoms with Gasteiger partial charge in [-0.1, -0.05) is 35.9 Å². The molecule has 3 N–H and O–H groups in total. The molecule has 23 heavy (non-hydrogen) atoms. The highest BCUT2D eigenvalue weighted by Gasteiger charge is 2.13. The molecule has 0 bridgehead atoms. The van der Waals surface area contributed by atoms with Gasteiger partial charge in [0.2, 0.25) is 0 Å². The molecule has 0 unspecified atom stereocenters. The van der Waals surface area contributed by atoms with Gasteiger partial charge in [-0.05, 0) is 36.8 Å². The predicted octanol–water partition coefficient (Wildman–Crippen LogP) is 2.70. The molecule has 0 aromatic heterocycles. The molecule has 0 spiro atoms. The monoisotopic (exact) mass is 332 g/mol. The second-order valence-corrected chi connectivity index (χ2v) is 5.43. The summed E-state index contributed by atoms with van der Waals surface area (Å²) in [6.45, 7) is 1.64. The van der Waals surface area contributed by atoms with Gasteiger partial charge < -0.3 is 15.8 Å². The molecule has 0 saturated heterocycles. The Morgan fingerprint density at radius 1 is 1.22 bits per heavy atom. The average molecular weight is 333 g/mol. The fourth-order valence-electron chi connectivity index (χ4n) is 2.08. The first-order valence-electron chi connectivity index (χ1n) is 7.04. The largest absolute Gasteiger partial charge is 0.483 e. The highest BCUT2D eigenvalue weighted by molar-refractivity contribution is 6.30. The second kappa shape index (κ2) is 7.65. The number of carbonyl (C=O) groups excluding carboxylic acids is 2. The number of primary amides is 1. The summed E-state index contributed by atoms with van der Waals surface area (Å²) in [5.74, 6) is -0.629.